The third kappa shape index (κ3) is 4.07. The van der Waals surface area contributed by atoms with Crippen LogP contribution in [-0.4, -0.2) is 41.2 Å². The Kier molecular flexibility index (Phi) is 6.10. The molecule has 1 amide bonds. The highest BCUT2D eigenvalue weighted by atomic mass is 32.2. The van der Waals surface area contributed by atoms with Gasteiger partial charge >= 0.3 is 0 Å². The van der Waals surface area contributed by atoms with Crippen molar-refractivity contribution < 1.29 is 9.53 Å². The fourth-order valence-corrected chi connectivity index (χ4v) is 3.93. The molecule has 0 atom stereocenters. The number of thioether (sulfide) groups is 1. The molecule has 6 nitrogen and oxygen atoms in total. The molecule has 2 heterocycles. The Hall–Kier alpha value is -2.72. The summed E-state index contributed by atoms with van der Waals surface area (Å²) >= 11 is 1.27. The minimum Gasteiger partial charge on any atom is -0.490 e. The zero-order valence-corrected chi connectivity index (χ0v) is 17.1. The first-order valence-electron chi connectivity index (χ1n) is 9.18. The molecular weight excluding hydrogens is 374 g/mol. The van der Waals surface area contributed by atoms with E-state index in [0.29, 0.717) is 36.5 Å². The first-order valence-corrected chi connectivity index (χ1v) is 10.4. The van der Waals surface area contributed by atoms with Crippen LogP contribution in [0.15, 0.2) is 34.1 Å². The van der Waals surface area contributed by atoms with Gasteiger partial charge in [0.1, 0.15) is 23.5 Å². The summed E-state index contributed by atoms with van der Waals surface area (Å²) < 4.78 is 6.19. The minimum atomic E-state index is -0.456. The van der Waals surface area contributed by atoms with Crippen molar-refractivity contribution in [3.63, 3.8) is 0 Å². The number of carbonyl (C=O) groups excluding carboxylic acids is 1. The van der Waals surface area contributed by atoms with E-state index < -0.39 is 5.56 Å². The Morgan fingerprint density at radius 1 is 1.29 bits per heavy atom. The lowest BCUT2D eigenvalue weighted by Crippen LogP contribution is -2.43. The maximum absolute atomic E-state index is 12.8. The van der Waals surface area contributed by atoms with Crippen LogP contribution in [-0.2, 0) is 0 Å². The summed E-state index contributed by atoms with van der Waals surface area (Å²) in [5.74, 6) is 0.575. The lowest BCUT2D eigenvalue weighted by molar-refractivity contribution is 0.0591. The van der Waals surface area contributed by atoms with Gasteiger partial charge in [-0.2, -0.15) is 5.26 Å². The molecule has 0 aliphatic carbocycles. The molecule has 1 fully saturated rings. The number of carbonyl (C=O) groups is 1. The minimum absolute atomic E-state index is 0.0171. The van der Waals surface area contributed by atoms with Gasteiger partial charge in [0.15, 0.2) is 0 Å². The van der Waals surface area contributed by atoms with Gasteiger partial charge in [0, 0.05) is 25.9 Å². The number of nitriles is 1. The highest BCUT2D eigenvalue weighted by Gasteiger charge is 2.27. The Labute approximate surface area is 168 Å². The molecule has 0 radical (unpaired) electrons. The topological polar surface area (TPSA) is 86.2 Å². The third-order valence-electron chi connectivity index (χ3n) is 4.98. The van der Waals surface area contributed by atoms with Crippen LogP contribution in [0.25, 0.3) is 0 Å². The number of benzene rings is 1. The Morgan fingerprint density at radius 2 is 1.93 bits per heavy atom. The summed E-state index contributed by atoms with van der Waals surface area (Å²) in [5, 5.41) is 9.73. The van der Waals surface area contributed by atoms with E-state index in [2.05, 4.69) is 4.98 Å². The van der Waals surface area contributed by atoms with Crippen LogP contribution >= 0.6 is 11.8 Å². The van der Waals surface area contributed by atoms with E-state index in [1.165, 1.54) is 17.8 Å². The molecule has 1 aliphatic heterocycles. The summed E-state index contributed by atoms with van der Waals surface area (Å²) in [5.41, 5.74) is 2.07. The monoisotopic (exact) mass is 397 g/mol. The maximum atomic E-state index is 12.8. The van der Waals surface area contributed by atoms with Gasteiger partial charge < -0.3 is 14.6 Å². The second-order valence-electron chi connectivity index (χ2n) is 6.90. The van der Waals surface area contributed by atoms with E-state index in [4.69, 9.17) is 4.74 Å². The fourth-order valence-electron chi connectivity index (χ4n) is 3.41. The van der Waals surface area contributed by atoms with Gasteiger partial charge in [-0.1, -0.05) is 18.2 Å². The first kappa shape index (κ1) is 20.0. The van der Waals surface area contributed by atoms with Gasteiger partial charge in [-0.15, -0.1) is 11.8 Å². The van der Waals surface area contributed by atoms with Crippen molar-refractivity contribution >= 4 is 17.7 Å². The van der Waals surface area contributed by atoms with Crippen molar-refractivity contribution in [2.24, 2.45) is 0 Å². The van der Waals surface area contributed by atoms with Gasteiger partial charge in [0.25, 0.3) is 11.5 Å². The Bertz CT molecular complexity index is 965. The standard InChI is InChI=1S/C21H23N3O3S/c1-13-5-4-6-14(2)18(13)27-16-7-9-24(10-8-16)21(26)17-11-15(12-22)20(28-3)23-19(17)25/h4-6,11,16H,7-10H2,1-3H3,(H,23,25). The number of ether oxygens (including phenoxy) is 1. The van der Waals surface area contributed by atoms with Crippen LogP contribution in [0.5, 0.6) is 5.75 Å². The molecular formula is C21H23N3O3S. The van der Waals surface area contributed by atoms with Crippen LogP contribution < -0.4 is 10.3 Å². The number of amides is 1. The number of para-hydroxylation sites is 1. The quantitative estimate of drug-likeness (QED) is 0.800. The number of aryl methyl sites for hydroxylation is 2. The van der Waals surface area contributed by atoms with Gasteiger partial charge in [-0.3, -0.25) is 9.59 Å². The predicted octanol–water partition coefficient (Wildman–Crippen LogP) is 3.27. The number of hydrogen-bond acceptors (Lipinski definition) is 5. The van der Waals surface area contributed by atoms with Gasteiger partial charge in [0.2, 0.25) is 0 Å². The molecule has 1 aromatic carbocycles. The second-order valence-corrected chi connectivity index (χ2v) is 7.72. The zero-order chi connectivity index (χ0) is 20.3. The average Bonchev–Trinajstić information content (AvgIpc) is 2.70. The van der Waals surface area contributed by atoms with E-state index in [1.54, 1.807) is 11.2 Å². The molecule has 7 heteroatoms. The second kappa shape index (κ2) is 8.53. The molecule has 1 aliphatic rings. The molecule has 146 valence electrons. The number of likely N-dealkylation sites (tertiary alicyclic amines) is 1. The smallest absolute Gasteiger partial charge is 0.261 e. The first-order chi connectivity index (χ1) is 13.4. The van der Waals surface area contributed by atoms with Crippen LogP contribution in [0.4, 0.5) is 0 Å². The molecule has 1 N–H and O–H groups in total. The normalized spacial score (nSPS) is 14.6. The number of rotatable bonds is 4. The molecule has 0 bridgehead atoms. The van der Waals surface area contributed by atoms with E-state index in [9.17, 15) is 14.9 Å². The van der Waals surface area contributed by atoms with Gasteiger partial charge in [0.05, 0.1) is 10.6 Å². The number of aromatic nitrogens is 1. The number of aromatic amines is 1. The van der Waals surface area contributed by atoms with Crippen LogP contribution in [0.3, 0.4) is 0 Å². The summed E-state index contributed by atoms with van der Waals surface area (Å²) in [4.78, 5) is 29.4. The Morgan fingerprint density at radius 3 is 2.50 bits per heavy atom. The molecule has 0 unspecified atom stereocenters. The number of nitrogens with one attached hydrogen (secondary N) is 1. The van der Waals surface area contributed by atoms with E-state index in [1.807, 2.05) is 38.1 Å². The molecule has 1 aromatic heterocycles. The van der Waals surface area contributed by atoms with Crippen LogP contribution in [0, 0.1) is 25.2 Å². The van der Waals surface area contributed by atoms with Gasteiger partial charge in [-0.05, 0) is 37.3 Å². The van der Waals surface area contributed by atoms with Crippen molar-refractivity contribution in [3.8, 4) is 11.8 Å². The number of H-pyrrole nitrogens is 1. The zero-order valence-electron chi connectivity index (χ0n) is 16.2. The fraction of sp³-hybridized carbons (Fsp3) is 0.381. The highest BCUT2D eigenvalue weighted by molar-refractivity contribution is 7.98. The molecule has 1 saturated heterocycles. The largest absolute Gasteiger partial charge is 0.490 e. The third-order valence-corrected chi connectivity index (χ3v) is 5.71. The number of piperidine rings is 1. The average molecular weight is 398 g/mol. The lowest BCUT2D eigenvalue weighted by Gasteiger charge is -2.32. The summed E-state index contributed by atoms with van der Waals surface area (Å²) in [6.45, 7) is 5.08. The maximum Gasteiger partial charge on any atom is 0.261 e. The van der Waals surface area contributed by atoms with Crippen molar-refractivity contribution in [1.82, 2.24) is 9.88 Å². The van der Waals surface area contributed by atoms with E-state index >= 15 is 0 Å². The summed E-state index contributed by atoms with van der Waals surface area (Å²) in [6, 6.07) is 9.49. The summed E-state index contributed by atoms with van der Waals surface area (Å²) in [6.07, 6.45) is 3.21. The van der Waals surface area contributed by atoms with E-state index in [0.717, 1.165) is 16.9 Å². The molecule has 0 spiro atoms. The van der Waals surface area contributed by atoms with Crippen molar-refractivity contribution in [2.75, 3.05) is 19.3 Å². The van der Waals surface area contributed by atoms with Crippen molar-refractivity contribution in [1.29, 1.82) is 5.26 Å². The molecule has 0 saturated carbocycles. The van der Waals surface area contributed by atoms with Crippen LogP contribution in [0.1, 0.15) is 39.9 Å². The SMILES string of the molecule is CSc1[nH]c(=O)c(C(=O)N2CCC(Oc3c(C)cccc3C)CC2)cc1C#N. The highest BCUT2D eigenvalue weighted by Crippen LogP contribution is 2.26. The molecule has 28 heavy (non-hydrogen) atoms. The van der Waals surface area contributed by atoms with Crippen molar-refractivity contribution in [2.45, 2.75) is 37.8 Å². The van der Waals surface area contributed by atoms with E-state index in [-0.39, 0.29) is 17.6 Å². The molecule has 3 rings (SSSR count). The van der Waals surface area contributed by atoms with Crippen LogP contribution in [0.2, 0.25) is 0 Å². The lowest BCUT2D eigenvalue weighted by atomic mass is 10.1. The van der Waals surface area contributed by atoms with Crippen molar-refractivity contribution in [3.05, 3.63) is 56.9 Å². The number of nitrogens with zero attached hydrogens (tertiary/aromatic N) is 2. The Balaban J connectivity index is 1.69. The predicted molar refractivity (Wildman–Crippen MR) is 109 cm³/mol. The summed E-state index contributed by atoms with van der Waals surface area (Å²) in [7, 11) is 0. The van der Waals surface area contributed by atoms with Gasteiger partial charge in [-0.25, -0.2) is 0 Å². The number of hydrogen-bond donors (Lipinski definition) is 1. The number of pyridine rings is 1. The molecule has 2 aromatic rings.